The molecule has 2 aromatic heterocycles. The zero-order chi connectivity index (χ0) is 16.4. The van der Waals surface area contributed by atoms with Crippen LogP contribution in [0.4, 0.5) is 5.13 Å². The molecule has 5 nitrogen and oxygen atoms in total. The van der Waals surface area contributed by atoms with Crippen molar-refractivity contribution in [2.45, 2.75) is 0 Å². The van der Waals surface area contributed by atoms with Crippen LogP contribution in [0.3, 0.4) is 0 Å². The predicted molar refractivity (Wildman–Crippen MR) is 91.8 cm³/mol. The van der Waals surface area contributed by atoms with Crippen LogP contribution < -0.4 is 5.32 Å². The number of carbonyl (C=O) groups is 2. The lowest BCUT2D eigenvalue weighted by Crippen LogP contribution is -2.09. The Balaban J connectivity index is 1.75. The number of aromatic nitrogens is 1. The number of nitrogens with zero attached hydrogens (tertiary/aromatic N) is 1. The number of halogens is 1. The minimum absolute atomic E-state index is 0.215. The average Bonchev–Trinajstić information content (AvgIpc) is 3.16. The molecular formula is C15H9ClN2O3S2. The van der Waals surface area contributed by atoms with Gasteiger partial charge in [0.25, 0.3) is 5.91 Å². The molecule has 0 spiro atoms. The van der Waals surface area contributed by atoms with Crippen LogP contribution in [0, 0.1) is 0 Å². The van der Waals surface area contributed by atoms with Crippen molar-refractivity contribution in [3.63, 3.8) is 0 Å². The fourth-order valence-electron chi connectivity index (χ4n) is 1.84. The zero-order valence-electron chi connectivity index (χ0n) is 11.4. The highest BCUT2D eigenvalue weighted by Gasteiger charge is 2.12. The summed E-state index contributed by atoms with van der Waals surface area (Å²) in [4.78, 5) is 27.7. The second-order valence-electron chi connectivity index (χ2n) is 4.48. The van der Waals surface area contributed by atoms with Crippen molar-refractivity contribution in [3.8, 4) is 11.3 Å². The van der Waals surface area contributed by atoms with E-state index in [-0.39, 0.29) is 11.5 Å². The third kappa shape index (κ3) is 3.58. The van der Waals surface area contributed by atoms with E-state index < -0.39 is 5.97 Å². The molecule has 0 saturated heterocycles. The molecule has 0 unspecified atom stereocenters. The summed E-state index contributed by atoms with van der Waals surface area (Å²) in [5, 5.41) is 13.9. The Bertz CT molecular complexity index is 871. The highest BCUT2D eigenvalue weighted by Crippen LogP contribution is 2.27. The molecule has 1 aromatic carbocycles. The minimum atomic E-state index is -0.975. The fourth-order valence-corrected chi connectivity index (χ4v) is 3.50. The summed E-state index contributed by atoms with van der Waals surface area (Å²) in [6.45, 7) is 0. The molecule has 0 radical (unpaired) electrons. The van der Waals surface area contributed by atoms with Crippen LogP contribution in [-0.4, -0.2) is 22.0 Å². The Hall–Kier alpha value is -2.22. The second-order valence-corrected chi connectivity index (χ2v) is 7.05. The number of hydrogen-bond donors (Lipinski definition) is 2. The highest BCUT2D eigenvalue weighted by atomic mass is 35.5. The van der Waals surface area contributed by atoms with Gasteiger partial charge in [0.05, 0.1) is 20.5 Å². The van der Waals surface area contributed by atoms with Crippen LogP contribution in [-0.2, 0) is 0 Å². The number of carbonyl (C=O) groups excluding carboxylic acids is 1. The number of amides is 1. The molecule has 0 fully saturated rings. The molecule has 0 aliphatic rings. The molecule has 0 aliphatic heterocycles. The van der Waals surface area contributed by atoms with Gasteiger partial charge in [-0.2, -0.15) is 0 Å². The molecule has 8 heteroatoms. The lowest BCUT2D eigenvalue weighted by atomic mass is 10.1. The van der Waals surface area contributed by atoms with E-state index in [0.717, 1.165) is 5.56 Å². The standard InChI is InChI=1S/C15H9ClN2O3S2/c16-12-6-5-11(23-12)13(19)18-15-17-10(7-22-15)8-1-3-9(4-2-8)14(20)21/h1-7H,(H,20,21)(H,17,18,19). The smallest absolute Gasteiger partial charge is 0.335 e. The van der Waals surface area contributed by atoms with Gasteiger partial charge in [0.2, 0.25) is 0 Å². The number of carboxylic acid groups (broad SMARTS) is 1. The number of aromatic carboxylic acids is 1. The highest BCUT2D eigenvalue weighted by molar-refractivity contribution is 7.18. The molecule has 0 aliphatic carbocycles. The normalized spacial score (nSPS) is 10.5. The lowest BCUT2D eigenvalue weighted by molar-refractivity contribution is 0.0696. The SMILES string of the molecule is O=C(O)c1ccc(-c2csc(NC(=O)c3ccc(Cl)s3)n2)cc1. The second kappa shape index (κ2) is 6.49. The topological polar surface area (TPSA) is 79.3 Å². The zero-order valence-corrected chi connectivity index (χ0v) is 13.8. The molecule has 3 rings (SSSR count). The number of carboxylic acids is 1. The Labute approximate surface area is 144 Å². The molecule has 0 bridgehead atoms. The number of nitrogens with one attached hydrogen (secondary N) is 1. The van der Waals surface area contributed by atoms with Crippen molar-refractivity contribution in [3.05, 3.63) is 56.6 Å². The monoisotopic (exact) mass is 364 g/mol. The number of rotatable bonds is 4. The molecule has 0 saturated carbocycles. The van der Waals surface area contributed by atoms with Crippen molar-refractivity contribution >= 4 is 51.3 Å². The van der Waals surface area contributed by atoms with E-state index in [9.17, 15) is 9.59 Å². The van der Waals surface area contributed by atoms with Crippen molar-refractivity contribution < 1.29 is 14.7 Å². The molecule has 2 N–H and O–H groups in total. The summed E-state index contributed by atoms with van der Waals surface area (Å²) in [5.41, 5.74) is 1.67. The van der Waals surface area contributed by atoms with Crippen LogP contribution in [0.25, 0.3) is 11.3 Å². The van der Waals surface area contributed by atoms with Crippen LogP contribution in [0.2, 0.25) is 4.34 Å². The molecule has 2 heterocycles. The summed E-state index contributed by atoms with van der Waals surface area (Å²) in [7, 11) is 0. The summed E-state index contributed by atoms with van der Waals surface area (Å²) in [5.74, 6) is -1.23. The first-order chi connectivity index (χ1) is 11.0. The summed E-state index contributed by atoms with van der Waals surface area (Å²) in [6.07, 6.45) is 0. The van der Waals surface area contributed by atoms with Crippen molar-refractivity contribution in [1.29, 1.82) is 0 Å². The Morgan fingerprint density at radius 1 is 1.13 bits per heavy atom. The van der Waals surface area contributed by atoms with Crippen molar-refractivity contribution in [2.75, 3.05) is 5.32 Å². The van der Waals surface area contributed by atoms with Crippen LogP contribution in [0.15, 0.2) is 41.8 Å². The first-order valence-electron chi connectivity index (χ1n) is 6.39. The number of thiazole rings is 1. The molecule has 3 aromatic rings. The summed E-state index contributed by atoms with van der Waals surface area (Å²) in [6, 6.07) is 9.72. The molecule has 23 heavy (non-hydrogen) atoms. The van der Waals surface area contributed by atoms with Crippen LogP contribution in [0.1, 0.15) is 20.0 Å². The van der Waals surface area contributed by atoms with Crippen molar-refractivity contribution in [1.82, 2.24) is 4.98 Å². The van der Waals surface area contributed by atoms with Gasteiger partial charge in [0, 0.05) is 10.9 Å². The molecule has 116 valence electrons. The van der Waals surface area contributed by atoms with Gasteiger partial charge < -0.3 is 5.11 Å². The maximum Gasteiger partial charge on any atom is 0.335 e. The van der Waals surface area contributed by atoms with Gasteiger partial charge in [-0.25, -0.2) is 9.78 Å². The fraction of sp³-hybridized carbons (Fsp3) is 0. The summed E-state index contributed by atoms with van der Waals surface area (Å²) >= 11 is 8.30. The van der Waals surface area contributed by atoms with Crippen LogP contribution in [0.5, 0.6) is 0 Å². The first kappa shape index (κ1) is 15.7. The van der Waals surface area contributed by atoms with E-state index in [0.29, 0.717) is 20.0 Å². The van der Waals surface area contributed by atoms with Crippen molar-refractivity contribution in [2.24, 2.45) is 0 Å². The van der Waals surface area contributed by atoms with Gasteiger partial charge in [-0.05, 0) is 24.3 Å². The average molecular weight is 365 g/mol. The van der Waals surface area contributed by atoms with E-state index >= 15 is 0 Å². The van der Waals surface area contributed by atoms with E-state index in [2.05, 4.69) is 10.3 Å². The number of anilines is 1. The largest absolute Gasteiger partial charge is 0.478 e. The first-order valence-corrected chi connectivity index (χ1v) is 8.46. The van der Waals surface area contributed by atoms with E-state index in [1.807, 2.05) is 0 Å². The maximum atomic E-state index is 12.0. The Morgan fingerprint density at radius 2 is 1.87 bits per heavy atom. The third-order valence-corrected chi connectivity index (χ3v) is 4.94. The third-order valence-electron chi connectivity index (χ3n) is 2.95. The lowest BCUT2D eigenvalue weighted by Gasteiger charge is -1.99. The molecule has 1 amide bonds. The molecular weight excluding hydrogens is 356 g/mol. The number of thiophene rings is 1. The van der Waals surface area contributed by atoms with E-state index in [1.165, 1.54) is 34.8 Å². The summed E-state index contributed by atoms with van der Waals surface area (Å²) < 4.78 is 0.550. The van der Waals surface area contributed by atoms with Gasteiger partial charge in [-0.15, -0.1) is 22.7 Å². The van der Waals surface area contributed by atoms with Crippen LogP contribution >= 0.6 is 34.3 Å². The maximum absolute atomic E-state index is 12.0. The van der Waals surface area contributed by atoms with Gasteiger partial charge in [0.1, 0.15) is 0 Å². The molecule has 0 atom stereocenters. The van der Waals surface area contributed by atoms with E-state index in [4.69, 9.17) is 16.7 Å². The number of hydrogen-bond acceptors (Lipinski definition) is 5. The minimum Gasteiger partial charge on any atom is -0.478 e. The van der Waals surface area contributed by atoms with Gasteiger partial charge in [0.15, 0.2) is 5.13 Å². The van der Waals surface area contributed by atoms with Gasteiger partial charge >= 0.3 is 5.97 Å². The van der Waals surface area contributed by atoms with E-state index in [1.54, 1.807) is 29.6 Å². The number of benzene rings is 1. The predicted octanol–water partition coefficient (Wildman–Crippen LogP) is 4.48. The van der Waals surface area contributed by atoms with Gasteiger partial charge in [-0.3, -0.25) is 10.1 Å². The Morgan fingerprint density at radius 3 is 2.48 bits per heavy atom. The van der Waals surface area contributed by atoms with Gasteiger partial charge in [-0.1, -0.05) is 23.7 Å². The quantitative estimate of drug-likeness (QED) is 0.715. The Kier molecular flexibility index (Phi) is 4.42.